The van der Waals surface area contributed by atoms with Crippen molar-refractivity contribution in [3.8, 4) is 5.75 Å². The molecule has 1 amide bonds. The summed E-state index contributed by atoms with van der Waals surface area (Å²) in [5.74, 6) is 0.351. The summed E-state index contributed by atoms with van der Waals surface area (Å²) in [4.78, 5) is 11.8. The number of nitrogens with one attached hydrogen (secondary N) is 1. The zero-order chi connectivity index (χ0) is 14.5. The van der Waals surface area contributed by atoms with E-state index < -0.39 is 6.10 Å². The number of hydrogen-bond acceptors (Lipinski definition) is 4. The molecule has 0 heterocycles. The maximum Gasteiger partial charge on any atom is 0.258 e. The fourth-order valence-electron chi connectivity index (χ4n) is 2.55. The van der Waals surface area contributed by atoms with Crippen LogP contribution in [-0.4, -0.2) is 41.5 Å². The first-order valence-electron chi connectivity index (χ1n) is 6.87. The average Bonchev–Trinajstić information content (AvgIpc) is 2.77. The number of hydrogen-bond donors (Lipinski definition) is 3. The van der Waals surface area contributed by atoms with Crippen LogP contribution in [0.3, 0.4) is 0 Å². The number of rotatable bonds is 5. The molecule has 0 unspecified atom stereocenters. The minimum atomic E-state index is -0.539. The van der Waals surface area contributed by atoms with Crippen LogP contribution in [0.25, 0.3) is 0 Å². The zero-order valence-electron chi connectivity index (χ0n) is 11.6. The van der Waals surface area contributed by atoms with E-state index in [1.54, 1.807) is 0 Å². The van der Waals surface area contributed by atoms with E-state index in [-0.39, 0.29) is 31.1 Å². The molecule has 0 radical (unpaired) electrons. The van der Waals surface area contributed by atoms with Crippen molar-refractivity contribution in [1.29, 1.82) is 0 Å². The molecule has 3 atom stereocenters. The van der Waals surface area contributed by atoms with Gasteiger partial charge in [0, 0.05) is 18.6 Å². The van der Waals surface area contributed by atoms with Gasteiger partial charge in [-0.25, -0.2) is 0 Å². The molecule has 5 heteroatoms. The molecule has 1 aliphatic carbocycles. The first-order chi connectivity index (χ1) is 9.60. The van der Waals surface area contributed by atoms with Gasteiger partial charge in [-0.2, -0.15) is 0 Å². The molecule has 5 nitrogen and oxygen atoms in total. The molecular weight excluding hydrogens is 258 g/mol. The highest BCUT2D eigenvalue weighted by atomic mass is 16.5. The molecule has 0 bridgehead atoms. The Morgan fingerprint density at radius 2 is 2.15 bits per heavy atom. The standard InChI is InChI=1S/C15H21NO4/c1-10-4-2-3-5-14(10)20-9-15(19)16-12-6-11(8-17)13(18)7-12/h2-5,11-13,17-18H,6-9H2,1H3,(H,16,19)/t11-,12+,13-/m1/s1. The number of para-hydroxylation sites is 1. The molecular formula is C15H21NO4. The Bertz CT molecular complexity index is 463. The fraction of sp³-hybridized carbons (Fsp3) is 0.533. The van der Waals surface area contributed by atoms with Gasteiger partial charge in [0.1, 0.15) is 5.75 Å². The number of aryl methyl sites for hydroxylation is 1. The molecule has 1 saturated carbocycles. The van der Waals surface area contributed by atoms with Gasteiger partial charge in [0.05, 0.1) is 6.10 Å². The number of carbonyl (C=O) groups excluding carboxylic acids is 1. The van der Waals surface area contributed by atoms with E-state index >= 15 is 0 Å². The summed E-state index contributed by atoms with van der Waals surface area (Å²) in [7, 11) is 0. The second-order valence-corrected chi connectivity index (χ2v) is 5.30. The van der Waals surface area contributed by atoms with Crippen LogP contribution in [0.5, 0.6) is 5.75 Å². The van der Waals surface area contributed by atoms with Crippen LogP contribution in [0.1, 0.15) is 18.4 Å². The molecule has 0 aliphatic heterocycles. The van der Waals surface area contributed by atoms with Crippen LogP contribution in [0.15, 0.2) is 24.3 Å². The maximum atomic E-state index is 11.8. The molecule has 3 N–H and O–H groups in total. The highest BCUT2D eigenvalue weighted by Crippen LogP contribution is 2.25. The molecule has 2 rings (SSSR count). The Kier molecular flexibility index (Phi) is 4.98. The van der Waals surface area contributed by atoms with Crippen molar-refractivity contribution in [2.24, 2.45) is 5.92 Å². The van der Waals surface area contributed by atoms with Gasteiger partial charge in [-0.05, 0) is 31.4 Å². The summed E-state index contributed by atoms with van der Waals surface area (Å²) in [6, 6.07) is 7.43. The predicted octanol–water partition coefficient (Wildman–Crippen LogP) is 0.622. The number of ether oxygens (including phenoxy) is 1. The van der Waals surface area contributed by atoms with Gasteiger partial charge in [0.25, 0.3) is 5.91 Å². The second kappa shape index (κ2) is 6.72. The number of aliphatic hydroxyl groups excluding tert-OH is 2. The molecule has 1 aliphatic rings. The summed E-state index contributed by atoms with van der Waals surface area (Å²) >= 11 is 0. The summed E-state index contributed by atoms with van der Waals surface area (Å²) in [5.41, 5.74) is 0.983. The maximum absolute atomic E-state index is 11.8. The topological polar surface area (TPSA) is 78.8 Å². The van der Waals surface area contributed by atoms with Crippen LogP contribution in [0.2, 0.25) is 0 Å². The van der Waals surface area contributed by atoms with Gasteiger partial charge in [-0.3, -0.25) is 4.79 Å². The molecule has 110 valence electrons. The summed E-state index contributed by atoms with van der Waals surface area (Å²) in [6.45, 7) is 1.83. The van der Waals surface area contributed by atoms with Gasteiger partial charge in [-0.1, -0.05) is 18.2 Å². The van der Waals surface area contributed by atoms with Crippen molar-refractivity contribution >= 4 is 5.91 Å². The number of amides is 1. The third-order valence-corrected chi connectivity index (χ3v) is 3.71. The van der Waals surface area contributed by atoms with Gasteiger partial charge >= 0.3 is 0 Å². The molecule has 1 aromatic rings. The monoisotopic (exact) mass is 279 g/mol. The Morgan fingerprint density at radius 3 is 2.80 bits per heavy atom. The van der Waals surface area contributed by atoms with E-state index in [2.05, 4.69) is 5.32 Å². The second-order valence-electron chi connectivity index (χ2n) is 5.30. The lowest BCUT2D eigenvalue weighted by Crippen LogP contribution is -2.36. The van der Waals surface area contributed by atoms with Crippen molar-refractivity contribution in [2.45, 2.75) is 31.9 Å². The van der Waals surface area contributed by atoms with Crippen molar-refractivity contribution in [3.05, 3.63) is 29.8 Å². The number of carbonyl (C=O) groups is 1. The lowest BCUT2D eigenvalue weighted by molar-refractivity contribution is -0.123. The van der Waals surface area contributed by atoms with Crippen LogP contribution >= 0.6 is 0 Å². The van der Waals surface area contributed by atoms with Crippen LogP contribution in [0, 0.1) is 12.8 Å². The SMILES string of the molecule is Cc1ccccc1OCC(=O)N[C@H]1C[C@H](CO)[C@H](O)C1. The predicted molar refractivity (Wildman–Crippen MR) is 74.4 cm³/mol. The van der Waals surface area contributed by atoms with E-state index in [0.717, 1.165) is 5.56 Å². The quantitative estimate of drug-likeness (QED) is 0.738. The van der Waals surface area contributed by atoms with Gasteiger partial charge < -0.3 is 20.3 Å². The van der Waals surface area contributed by atoms with Crippen LogP contribution in [0.4, 0.5) is 0 Å². The number of benzene rings is 1. The van der Waals surface area contributed by atoms with Crippen molar-refractivity contribution in [1.82, 2.24) is 5.32 Å². The normalized spacial score (nSPS) is 25.4. The Labute approximate surface area is 118 Å². The summed E-state index contributed by atoms with van der Waals surface area (Å²) < 4.78 is 5.46. The minimum absolute atomic E-state index is 0.0404. The molecule has 0 saturated heterocycles. The van der Waals surface area contributed by atoms with E-state index in [1.807, 2.05) is 31.2 Å². The van der Waals surface area contributed by atoms with Gasteiger partial charge in [-0.15, -0.1) is 0 Å². The van der Waals surface area contributed by atoms with Crippen molar-refractivity contribution in [2.75, 3.05) is 13.2 Å². The molecule has 1 aromatic carbocycles. The van der Waals surface area contributed by atoms with Crippen LogP contribution < -0.4 is 10.1 Å². The summed E-state index contributed by atoms with van der Waals surface area (Å²) in [6.07, 6.45) is 0.553. The fourth-order valence-corrected chi connectivity index (χ4v) is 2.55. The van der Waals surface area contributed by atoms with Gasteiger partial charge in [0.2, 0.25) is 0 Å². The molecule has 0 aromatic heterocycles. The zero-order valence-corrected chi connectivity index (χ0v) is 11.6. The Hall–Kier alpha value is -1.59. The van der Waals surface area contributed by atoms with E-state index in [1.165, 1.54) is 0 Å². The molecule has 20 heavy (non-hydrogen) atoms. The highest BCUT2D eigenvalue weighted by Gasteiger charge is 2.33. The lowest BCUT2D eigenvalue weighted by Gasteiger charge is -2.13. The average molecular weight is 279 g/mol. The van der Waals surface area contributed by atoms with E-state index in [4.69, 9.17) is 9.84 Å². The van der Waals surface area contributed by atoms with Gasteiger partial charge in [0.15, 0.2) is 6.61 Å². The van der Waals surface area contributed by atoms with E-state index in [0.29, 0.717) is 18.6 Å². The number of aliphatic hydroxyl groups is 2. The first-order valence-corrected chi connectivity index (χ1v) is 6.87. The van der Waals surface area contributed by atoms with Crippen molar-refractivity contribution in [3.63, 3.8) is 0 Å². The molecule has 0 spiro atoms. The summed E-state index contributed by atoms with van der Waals surface area (Å²) in [5, 5.41) is 21.6. The van der Waals surface area contributed by atoms with E-state index in [9.17, 15) is 9.90 Å². The highest BCUT2D eigenvalue weighted by molar-refractivity contribution is 5.77. The largest absolute Gasteiger partial charge is 0.484 e. The van der Waals surface area contributed by atoms with Crippen molar-refractivity contribution < 1.29 is 19.7 Å². The Morgan fingerprint density at radius 1 is 1.40 bits per heavy atom. The molecule has 1 fully saturated rings. The third-order valence-electron chi connectivity index (χ3n) is 3.71. The third kappa shape index (κ3) is 3.71. The minimum Gasteiger partial charge on any atom is -0.484 e. The smallest absolute Gasteiger partial charge is 0.258 e. The lowest BCUT2D eigenvalue weighted by atomic mass is 10.1. The van der Waals surface area contributed by atoms with Crippen LogP contribution in [-0.2, 0) is 4.79 Å². The first kappa shape index (κ1) is 14.8. The Balaban J connectivity index is 1.78.